The van der Waals surface area contributed by atoms with Crippen LogP contribution < -0.4 is 5.32 Å². The average Bonchev–Trinajstić information content (AvgIpc) is 3.51. The Kier molecular flexibility index (Phi) is 5.00. The molecule has 1 aliphatic heterocycles. The molecule has 0 radical (unpaired) electrons. The van der Waals surface area contributed by atoms with Crippen LogP contribution in [0.25, 0.3) is 0 Å². The van der Waals surface area contributed by atoms with Gasteiger partial charge in [-0.15, -0.1) is 11.3 Å². The van der Waals surface area contributed by atoms with Crippen LogP contribution in [-0.2, 0) is 14.9 Å². The van der Waals surface area contributed by atoms with Crippen molar-refractivity contribution in [2.24, 2.45) is 0 Å². The molecule has 1 aliphatic carbocycles. The minimum atomic E-state index is -0.345. The highest BCUT2D eigenvalue weighted by molar-refractivity contribution is 7.15. The van der Waals surface area contributed by atoms with Crippen LogP contribution in [0, 0.1) is 6.92 Å². The SMILES string of the molecule is Cc1cnc(Nc2cccc(C3CN(C(=O)C4(c5ccccc5)CC4)CCO3)n2)s1. The van der Waals surface area contributed by atoms with Crippen molar-refractivity contribution < 1.29 is 9.53 Å². The van der Waals surface area contributed by atoms with Gasteiger partial charge in [0.2, 0.25) is 5.91 Å². The molecule has 3 heterocycles. The van der Waals surface area contributed by atoms with E-state index in [0.717, 1.165) is 39.9 Å². The van der Waals surface area contributed by atoms with Crippen LogP contribution in [0.4, 0.5) is 10.9 Å². The first-order valence-electron chi connectivity index (χ1n) is 10.3. The third kappa shape index (κ3) is 3.70. The van der Waals surface area contributed by atoms with Gasteiger partial charge in [0.05, 0.1) is 24.3 Å². The van der Waals surface area contributed by atoms with Crippen LogP contribution in [0.2, 0.25) is 0 Å². The first-order valence-corrected chi connectivity index (χ1v) is 11.1. The molecule has 7 heteroatoms. The number of nitrogens with zero attached hydrogens (tertiary/aromatic N) is 3. The Morgan fingerprint density at radius 2 is 2.03 bits per heavy atom. The summed E-state index contributed by atoms with van der Waals surface area (Å²) in [6.45, 7) is 3.70. The molecule has 0 bridgehead atoms. The lowest BCUT2D eigenvalue weighted by atomic mass is 9.94. The van der Waals surface area contributed by atoms with Gasteiger partial charge in [-0.25, -0.2) is 9.97 Å². The van der Waals surface area contributed by atoms with Gasteiger partial charge in [0.15, 0.2) is 5.13 Å². The number of morpholine rings is 1. The van der Waals surface area contributed by atoms with Gasteiger partial charge in [0.1, 0.15) is 11.9 Å². The van der Waals surface area contributed by atoms with E-state index in [9.17, 15) is 4.79 Å². The van der Waals surface area contributed by atoms with E-state index in [1.807, 2.05) is 54.4 Å². The summed E-state index contributed by atoms with van der Waals surface area (Å²) in [6, 6.07) is 16.0. The van der Waals surface area contributed by atoms with Gasteiger partial charge in [-0.1, -0.05) is 36.4 Å². The Morgan fingerprint density at radius 1 is 1.20 bits per heavy atom. The van der Waals surface area contributed by atoms with Crippen molar-refractivity contribution in [2.75, 3.05) is 25.0 Å². The fourth-order valence-electron chi connectivity index (χ4n) is 4.05. The van der Waals surface area contributed by atoms with Gasteiger partial charge >= 0.3 is 0 Å². The zero-order valence-corrected chi connectivity index (χ0v) is 17.7. The Hall–Kier alpha value is -2.77. The molecule has 3 aromatic rings. The van der Waals surface area contributed by atoms with Gasteiger partial charge in [-0.3, -0.25) is 4.79 Å². The van der Waals surface area contributed by atoms with Gasteiger partial charge in [-0.2, -0.15) is 0 Å². The summed E-state index contributed by atoms with van der Waals surface area (Å²) in [4.78, 5) is 25.6. The molecule has 2 aliphatic rings. The van der Waals surface area contributed by atoms with Crippen molar-refractivity contribution in [1.29, 1.82) is 0 Å². The van der Waals surface area contributed by atoms with E-state index in [-0.39, 0.29) is 17.4 Å². The third-order valence-electron chi connectivity index (χ3n) is 5.80. The molecule has 6 nitrogen and oxygen atoms in total. The molecule has 0 spiro atoms. The number of thiazole rings is 1. The molecule has 1 unspecified atom stereocenters. The van der Waals surface area contributed by atoms with E-state index < -0.39 is 0 Å². The number of pyridine rings is 1. The number of anilines is 2. The number of amides is 1. The number of hydrogen-bond acceptors (Lipinski definition) is 6. The topological polar surface area (TPSA) is 67.4 Å². The van der Waals surface area contributed by atoms with Crippen LogP contribution in [0.1, 0.15) is 35.1 Å². The standard InChI is InChI=1S/C23H24N4O2S/c1-16-14-24-22(30-16)26-20-9-5-8-18(25-20)19-15-27(12-13-29-19)21(28)23(10-11-23)17-6-3-2-4-7-17/h2-9,14,19H,10-13,15H2,1H3,(H,24,25,26). The normalized spacial score (nSPS) is 20.0. The number of carbonyl (C=O) groups is 1. The number of carbonyl (C=O) groups excluding carboxylic acids is 1. The summed E-state index contributed by atoms with van der Waals surface area (Å²) in [5.74, 6) is 0.950. The molecular formula is C23H24N4O2S. The number of aryl methyl sites for hydroxylation is 1. The van der Waals surface area contributed by atoms with Gasteiger partial charge in [0.25, 0.3) is 0 Å². The zero-order valence-electron chi connectivity index (χ0n) is 16.9. The second kappa shape index (κ2) is 7.81. The van der Waals surface area contributed by atoms with Crippen molar-refractivity contribution in [3.05, 3.63) is 70.9 Å². The van der Waals surface area contributed by atoms with E-state index in [4.69, 9.17) is 9.72 Å². The maximum Gasteiger partial charge on any atom is 0.233 e. The third-order valence-corrected chi connectivity index (χ3v) is 6.62. The first-order chi connectivity index (χ1) is 14.6. The van der Waals surface area contributed by atoms with Gasteiger partial charge in [0, 0.05) is 17.6 Å². The Labute approximate surface area is 179 Å². The molecular weight excluding hydrogens is 396 g/mol. The maximum absolute atomic E-state index is 13.4. The molecule has 2 fully saturated rings. The molecule has 30 heavy (non-hydrogen) atoms. The van der Waals surface area contributed by atoms with Gasteiger partial charge < -0.3 is 15.0 Å². The number of rotatable bonds is 5. The first kappa shape index (κ1) is 19.2. The van der Waals surface area contributed by atoms with E-state index in [2.05, 4.69) is 22.4 Å². The van der Waals surface area contributed by atoms with E-state index in [0.29, 0.717) is 19.7 Å². The lowest BCUT2D eigenvalue weighted by molar-refractivity contribution is -0.142. The Morgan fingerprint density at radius 3 is 2.77 bits per heavy atom. The Balaban J connectivity index is 1.31. The molecule has 1 N–H and O–H groups in total. The number of aromatic nitrogens is 2. The fraction of sp³-hybridized carbons (Fsp3) is 0.348. The second-order valence-electron chi connectivity index (χ2n) is 7.91. The minimum Gasteiger partial charge on any atom is -0.368 e. The predicted molar refractivity (Wildman–Crippen MR) is 117 cm³/mol. The van der Waals surface area contributed by atoms with Crippen molar-refractivity contribution in [2.45, 2.75) is 31.3 Å². The van der Waals surface area contributed by atoms with Crippen LogP contribution in [-0.4, -0.2) is 40.5 Å². The molecule has 1 amide bonds. The lowest BCUT2D eigenvalue weighted by Gasteiger charge is -2.35. The maximum atomic E-state index is 13.4. The minimum absolute atomic E-state index is 0.217. The molecule has 1 saturated heterocycles. The summed E-state index contributed by atoms with van der Waals surface area (Å²) in [7, 11) is 0. The van der Waals surface area contributed by atoms with Crippen molar-refractivity contribution in [1.82, 2.24) is 14.9 Å². The highest BCUT2D eigenvalue weighted by Gasteiger charge is 2.53. The second-order valence-corrected chi connectivity index (χ2v) is 9.14. The lowest BCUT2D eigenvalue weighted by Crippen LogP contribution is -2.47. The van der Waals surface area contributed by atoms with Crippen LogP contribution >= 0.6 is 11.3 Å². The summed E-state index contributed by atoms with van der Waals surface area (Å²) in [6.07, 6.45) is 3.45. The smallest absolute Gasteiger partial charge is 0.233 e. The van der Waals surface area contributed by atoms with Crippen LogP contribution in [0.5, 0.6) is 0 Å². The Bertz CT molecular complexity index is 1050. The molecule has 1 aromatic carbocycles. The molecule has 2 aromatic heterocycles. The molecule has 1 atom stereocenters. The number of hydrogen-bond donors (Lipinski definition) is 1. The number of ether oxygens (including phenoxy) is 1. The quantitative estimate of drug-likeness (QED) is 0.669. The summed E-state index contributed by atoms with van der Waals surface area (Å²) in [5.41, 5.74) is 1.61. The van der Waals surface area contributed by atoms with E-state index >= 15 is 0 Å². The fourth-order valence-corrected chi connectivity index (χ4v) is 4.72. The molecule has 5 rings (SSSR count). The summed E-state index contributed by atoms with van der Waals surface area (Å²) < 4.78 is 6.00. The zero-order chi connectivity index (χ0) is 20.6. The monoisotopic (exact) mass is 420 g/mol. The summed E-state index contributed by atoms with van der Waals surface area (Å²) in [5, 5.41) is 4.07. The highest BCUT2D eigenvalue weighted by atomic mass is 32.1. The number of nitrogens with one attached hydrogen (secondary N) is 1. The highest BCUT2D eigenvalue weighted by Crippen LogP contribution is 2.50. The van der Waals surface area contributed by atoms with E-state index in [1.165, 1.54) is 0 Å². The molecule has 1 saturated carbocycles. The van der Waals surface area contributed by atoms with Crippen molar-refractivity contribution >= 4 is 28.2 Å². The van der Waals surface area contributed by atoms with Gasteiger partial charge in [-0.05, 0) is 37.5 Å². The van der Waals surface area contributed by atoms with Crippen LogP contribution in [0.3, 0.4) is 0 Å². The predicted octanol–water partition coefficient (Wildman–Crippen LogP) is 4.22. The summed E-state index contributed by atoms with van der Waals surface area (Å²) >= 11 is 1.59. The van der Waals surface area contributed by atoms with Crippen LogP contribution in [0.15, 0.2) is 54.7 Å². The molecule has 154 valence electrons. The van der Waals surface area contributed by atoms with Crippen molar-refractivity contribution in [3.63, 3.8) is 0 Å². The number of benzene rings is 1. The van der Waals surface area contributed by atoms with E-state index in [1.54, 1.807) is 11.3 Å². The largest absolute Gasteiger partial charge is 0.368 e. The average molecular weight is 421 g/mol. The van der Waals surface area contributed by atoms with Crippen molar-refractivity contribution in [3.8, 4) is 0 Å².